The van der Waals surface area contributed by atoms with E-state index < -0.39 is 0 Å². The maximum absolute atomic E-state index is 10.8. The van der Waals surface area contributed by atoms with Crippen LogP contribution in [0.5, 0.6) is 0 Å². The molecule has 0 aliphatic carbocycles. The van der Waals surface area contributed by atoms with E-state index in [9.17, 15) is 4.79 Å². The number of carbonyl (C=O) groups excluding carboxylic acids is 1. The van der Waals surface area contributed by atoms with Crippen molar-refractivity contribution < 1.29 is 9.90 Å². The van der Waals surface area contributed by atoms with Crippen molar-refractivity contribution >= 4 is 46.0 Å². The molecule has 1 N–H and O–H groups in total. The van der Waals surface area contributed by atoms with E-state index in [0.717, 1.165) is 17.5 Å². The van der Waals surface area contributed by atoms with Gasteiger partial charge in [-0.1, -0.05) is 29.3 Å². The number of aliphatic hydroxyl groups excluding tert-OH is 1. The highest BCUT2D eigenvalue weighted by molar-refractivity contribution is 7.14. The van der Waals surface area contributed by atoms with Gasteiger partial charge < -0.3 is 10.0 Å². The summed E-state index contributed by atoms with van der Waals surface area (Å²) in [6.45, 7) is 0. The minimum absolute atomic E-state index is 0.125. The molecule has 2 aromatic rings. The molecule has 4 nitrogen and oxygen atoms in total. The summed E-state index contributed by atoms with van der Waals surface area (Å²) in [4.78, 5) is 16.7. The monoisotopic (exact) mass is 328 g/mol. The Morgan fingerprint density at radius 1 is 1.40 bits per heavy atom. The second-order valence-corrected chi connectivity index (χ2v) is 5.53. The first-order chi connectivity index (χ1) is 9.56. The number of hydrogen-bond acceptors (Lipinski definition) is 5. The average Bonchev–Trinajstić information content (AvgIpc) is 2.93. The summed E-state index contributed by atoms with van der Waals surface area (Å²) < 4.78 is 0. The molecule has 0 aliphatic heterocycles. The number of aromatic nitrogens is 1. The molecule has 0 fully saturated rings. The van der Waals surface area contributed by atoms with Crippen molar-refractivity contribution in [3.8, 4) is 11.3 Å². The molecular formula is C13H10Cl2N2O2S. The minimum Gasteiger partial charge on any atom is -0.513 e. The van der Waals surface area contributed by atoms with Gasteiger partial charge in [0.15, 0.2) is 11.4 Å². The number of benzene rings is 1. The molecule has 0 amide bonds. The lowest BCUT2D eigenvalue weighted by molar-refractivity contribution is -0.105. The molecule has 2 rings (SSSR count). The van der Waals surface area contributed by atoms with Gasteiger partial charge in [0.1, 0.15) is 12.0 Å². The molecular weight excluding hydrogens is 319 g/mol. The molecule has 0 spiro atoms. The van der Waals surface area contributed by atoms with Crippen LogP contribution in [0, 0.1) is 0 Å². The zero-order chi connectivity index (χ0) is 14.7. The SMILES string of the molecule is CN(C(C=O)=CO)c1nc(-c2ccc(Cl)c(Cl)c2)cs1. The topological polar surface area (TPSA) is 53.4 Å². The van der Waals surface area contributed by atoms with Crippen molar-refractivity contribution in [2.45, 2.75) is 0 Å². The Labute approximate surface area is 129 Å². The summed E-state index contributed by atoms with van der Waals surface area (Å²) in [6, 6.07) is 5.24. The zero-order valence-electron chi connectivity index (χ0n) is 10.4. The molecule has 0 aliphatic rings. The largest absolute Gasteiger partial charge is 0.513 e. The fourth-order valence-corrected chi connectivity index (χ4v) is 2.63. The lowest BCUT2D eigenvalue weighted by Gasteiger charge is -2.13. The Kier molecular flexibility index (Phi) is 4.65. The third-order valence-electron chi connectivity index (χ3n) is 2.63. The van der Waals surface area contributed by atoms with Gasteiger partial charge in [-0.25, -0.2) is 4.98 Å². The molecule has 0 saturated carbocycles. The molecule has 0 radical (unpaired) electrons. The summed E-state index contributed by atoms with van der Waals surface area (Å²) in [7, 11) is 1.65. The van der Waals surface area contributed by atoms with Crippen molar-refractivity contribution in [3.05, 3.63) is 45.6 Å². The van der Waals surface area contributed by atoms with Crippen LogP contribution < -0.4 is 4.90 Å². The lowest BCUT2D eigenvalue weighted by Crippen LogP contribution is -2.17. The van der Waals surface area contributed by atoms with Gasteiger partial charge >= 0.3 is 0 Å². The number of anilines is 1. The molecule has 104 valence electrons. The maximum atomic E-state index is 10.8. The quantitative estimate of drug-likeness (QED) is 0.520. The maximum Gasteiger partial charge on any atom is 0.190 e. The summed E-state index contributed by atoms with van der Waals surface area (Å²) in [5.74, 6) is 0. The Morgan fingerprint density at radius 2 is 2.15 bits per heavy atom. The number of carbonyl (C=O) groups is 1. The predicted octanol–water partition coefficient (Wildman–Crippen LogP) is 4.15. The molecule has 1 heterocycles. The van der Waals surface area contributed by atoms with E-state index >= 15 is 0 Å². The number of allylic oxidation sites excluding steroid dienone is 1. The zero-order valence-corrected chi connectivity index (χ0v) is 12.7. The van der Waals surface area contributed by atoms with Crippen molar-refractivity contribution in [2.75, 3.05) is 11.9 Å². The minimum atomic E-state index is 0.125. The summed E-state index contributed by atoms with van der Waals surface area (Å²) in [5.41, 5.74) is 1.68. The van der Waals surface area contributed by atoms with E-state index in [4.69, 9.17) is 28.3 Å². The first-order valence-electron chi connectivity index (χ1n) is 5.51. The Morgan fingerprint density at radius 3 is 2.75 bits per heavy atom. The van der Waals surface area contributed by atoms with E-state index in [1.54, 1.807) is 19.2 Å². The van der Waals surface area contributed by atoms with Crippen LogP contribution in [0.15, 0.2) is 35.5 Å². The smallest absolute Gasteiger partial charge is 0.190 e. The van der Waals surface area contributed by atoms with E-state index in [0.29, 0.717) is 21.5 Å². The van der Waals surface area contributed by atoms with Gasteiger partial charge in [-0.05, 0) is 12.1 Å². The highest BCUT2D eigenvalue weighted by Crippen LogP contribution is 2.31. The second-order valence-electron chi connectivity index (χ2n) is 3.88. The van der Waals surface area contributed by atoms with Gasteiger partial charge in [0, 0.05) is 18.0 Å². The van der Waals surface area contributed by atoms with Crippen LogP contribution in [0.3, 0.4) is 0 Å². The Hall–Kier alpha value is -1.56. The highest BCUT2D eigenvalue weighted by Gasteiger charge is 2.12. The number of likely N-dealkylation sites (N-methyl/N-ethyl adjacent to an activating group) is 1. The van der Waals surface area contributed by atoms with Crippen LogP contribution in [0.4, 0.5) is 5.13 Å². The van der Waals surface area contributed by atoms with Crippen molar-refractivity contribution in [2.24, 2.45) is 0 Å². The third kappa shape index (κ3) is 2.95. The van der Waals surface area contributed by atoms with Crippen molar-refractivity contribution in [1.29, 1.82) is 0 Å². The predicted molar refractivity (Wildman–Crippen MR) is 82.7 cm³/mol. The molecule has 1 aromatic heterocycles. The van der Waals surface area contributed by atoms with Gasteiger partial charge in [-0.15, -0.1) is 11.3 Å². The standard InChI is InChI=1S/C13H10Cl2N2O2S/c1-17(9(5-18)6-19)13-16-12(7-20-13)8-2-3-10(14)11(15)4-8/h2-7,18H,1H3. The van der Waals surface area contributed by atoms with Gasteiger partial charge in [0.05, 0.1) is 15.7 Å². The van der Waals surface area contributed by atoms with Crippen molar-refractivity contribution in [1.82, 2.24) is 4.98 Å². The van der Waals surface area contributed by atoms with Gasteiger partial charge in [0.2, 0.25) is 0 Å². The van der Waals surface area contributed by atoms with Crippen LogP contribution in [0.2, 0.25) is 10.0 Å². The molecule has 1 aromatic carbocycles. The fraction of sp³-hybridized carbons (Fsp3) is 0.0769. The fourth-order valence-electron chi connectivity index (χ4n) is 1.51. The van der Waals surface area contributed by atoms with Crippen molar-refractivity contribution in [3.63, 3.8) is 0 Å². The van der Waals surface area contributed by atoms with Gasteiger partial charge in [0.25, 0.3) is 0 Å². The first kappa shape index (κ1) is 14.8. The van der Waals surface area contributed by atoms with Crippen LogP contribution in [0.25, 0.3) is 11.3 Å². The van der Waals surface area contributed by atoms with Gasteiger partial charge in [-0.3, -0.25) is 4.79 Å². The highest BCUT2D eigenvalue weighted by atomic mass is 35.5. The first-order valence-corrected chi connectivity index (χ1v) is 7.14. The number of halogens is 2. The van der Waals surface area contributed by atoms with Crippen LogP contribution in [-0.2, 0) is 4.79 Å². The van der Waals surface area contributed by atoms with E-state index in [1.807, 2.05) is 11.4 Å². The van der Waals surface area contributed by atoms with E-state index in [-0.39, 0.29) is 5.70 Å². The third-order valence-corrected chi connectivity index (χ3v) is 4.29. The molecule has 0 saturated heterocycles. The lowest BCUT2D eigenvalue weighted by atomic mass is 10.2. The Bertz CT molecular complexity index is 670. The number of hydrogen-bond donors (Lipinski definition) is 1. The van der Waals surface area contributed by atoms with E-state index in [2.05, 4.69) is 4.98 Å². The normalized spacial score (nSPS) is 11.4. The summed E-state index contributed by atoms with van der Waals surface area (Å²) in [5, 5.41) is 12.3. The molecule has 7 heteroatoms. The average molecular weight is 329 g/mol. The second kappa shape index (κ2) is 6.26. The summed E-state index contributed by atoms with van der Waals surface area (Å²) in [6.07, 6.45) is 1.30. The summed E-state index contributed by atoms with van der Waals surface area (Å²) >= 11 is 13.2. The molecule has 20 heavy (non-hydrogen) atoms. The number of nitrogens with zero attached hydrogens (tertiary/aromatic N) is 2. The van der Waals surface area contributed by atoms with Crippen LogP contribution in [-0.4, -0.2) is 23.4 Å². The number of aliphatic hydroxyl groups is 1. The molecule has 0 atom stereocenters. The number of aldehydes is 1. The molecule has 0 bridgehead atoms. The Balaban J connectivity index is 2.33. The van der Waals surface area contributed by atoms with Crippen LogP contribution in [0.1, 0.15) is 0 Å². The van der Waals surface area contributed by atoms with Crippen LogP contribution >= 0.6 is 34.5 Å². The molecule has 0 unspecified atom stereocenters. The van der Waals surface area contributed by atoms with Gasteiger partial charge in [-0.2, -0.15) is 0 Å². The van der Waals surface area contributed by atoms with E-state index in [1.165, 1.54) is 16.2 Å². The number of rotatable bonds is 4. The number of thiazole rings is 1.